The van der Waals surface area contributed by atoms with Crippen molar-refractivity contribution in [2.24, 2.45) is 4.99 Å². The average Bonchev–Trinajstić information content (AvgIpc) is 3.25. The van der Waals surface area contributed by atoms with Gasteiger partial charge in [0.1, 0.15) is 5.69 Å². The molecule has 3 aromatic rings. The molecular formula is C31H45F3N8O2Si. The number of anilines is 3. The van der Waals surface area contributed by atoms with E-state index in [1.807, 2.05) is 36.9 Å². The maximum atomic E-state index is 14.4. The number of halogens is 3. The third-order valence-corrected chi connectivity index (χ3v) is 13.3. The number of rotatable bonds is 9. The minimum Gasteiger partial charge on any atom is -0.411 e. The van der Waals surface area contributed by atoms with Crippen LogP contribution in [0.3, 0.4) is 0 Å². The Bertz CT molecular complexity index is 1540. The first-order valence-electron chi connectivity index (χ1n) is 15.3. The van der Waals surface area contributed by atoms with Crippen molar-refractivity contribution in [1.82, 2.24) is 24.4 Å². The number of alkyl halides is 3. The highest BCUT2D eigenvalue weighted by Crippen LogP contribution is 2.41. The number of hydrogen-bond donors (Lipinski definition) is 1. The zero-order chi connectivity index (χ0) is 32.7. The number of aromatic nitrogens is 3. The molecule has 0 spiro atoms. The fraction of sp³-hybridized carbons (Fsp3) is 0.581. The second-order valence-corrected chi connectivity index (χ2v) is 18.4. The fourth-order valence-corrected chi connectivity index (χ4v) is 6.61. The summed E-state index contributed by atoms with van der Waals surface area (Å²) in [6, 6.07) is 6.16. The third-order valence-electron chi connectivity index (χ3n) is 8.80. The molecule has 0 unspecified atom stereocenters. The molecule has 2 aliphatic rings. The van der Waals surface area contributed by atoms with Gasteiger partial charge in [-0.05, 0) is 37.2 Å². The van der Waals surface area contributed by atoms with Crippen LogP contribution in [0, 0.1) is 6.92 Å². The zero-order valence-corrected chi connectivity index (χ0v) is 28.5. The van der Waals surface area contributed by atoms with Crippen molar-refractivity contribution < 1.29 is 22.3 Å². The molecule has 0 bridgehead atoms. The van der Waals surface area contributed by atoms with Gasteiger partial charge in [0.2, 0.25) is 0 Å². The zero-order valence-electron chi connectivity index (χ0n) is 27.5. The van der Waals surface area contributed by atoms with E-state index < -0.39 is 20.1 Å². The highest BCUT2D eigenvalue weighted by Gasteiger charge is 2.43. The lowest BCUT2D eigenvalue weighted by Crippen LogP contribution is -2.57. The Kier molecular flexibility index (Phi) is 9.24. The van der Waals surface area contributed by atoms with Gasteiger partial charge in [0.05, 0.1) is 36.9 Å². The number of morpholine rings is 1. The largest absolute Gasteiger partial charge is 0.416 e. The van der Waals surface area contributed by atoms with Crippen molar-refractivity contribution in [2.45, 2.75) is 64.7 Å². The normalized spacial score (nSPS) is 17.4. The number of nitrogens with zero attached hydrogens (tertiary/aromatic N) is 7. The molecule has 0 amide bonds. The Morgan fingerprint density at radius 3 is 2.47 bits per heavy atom. The minimum atomic E-state index is -4.51. The molecule has 0 aliphatic carbocycles. The number of nitrogens with one attached hydrogen (secondary N) is 1. The highest BCUT2D eigenvalue weighted by molar-refractivity contribution is 6.74. The van der Waals surface area contributed by atoms with Gasteiger partial charge in [-0.25, -0.2) is 9.98 Å². The first-order chi connectivity index (χ1) is 21.0. The van der Waals surface area contributed by atoms with Gasteiger partial charge in [-0.3, -0.25) is 4.90 Å². The van der Waals surface area contributed by atoms with Crippen molar-refractivity contribution in [1.29, 1.82) is 0 Å². The Morgan fingerprint density at radius 1 is 1.16 bits per heavy atom. The molecule has 246 valence electrons. The maximum absolute atomic E-state index is 14.4. The average molecular weight is 647 g/mol. The second kappa shape index (κ2) is 12.5. The molecule has 4 heterocycles. The Morgan fingerprint density at radius 2 is 1.84 bits per heavy atom. The molecule has 0 saturated carbocycles. The van der Waals surface area contributed by atoms with E-state index in [0.717, 1.165) is 6.07 Å². The number of aryl methyl sites for hydroxylation is 1. The Hall–Kier alpha value is -3.20. The summed E-state index contributed by atoms with van der Waals surface area (Å²) in [5.74, 6) is 1.18. The number of ether oxygens (including phenoxy) is 1. The predicted octanol–water partition coefficient (Wildman–Crippen LogP) is 6.06. The molecule has 1 aromatic carbocycles. The Balaban J connectivity index is 1.49. The Labute approximate surface area is 264 Å². The van der Waals surface area contributed by atoms with Crippen LogP contribution >= 0.6 is 0 Å². The topological polar surface area (TPSA) is 82.8 Å². The van der Waals surface area contributed by atoms with E-state index in [2.05, 4.69) is 49.1 Å². The molecule has 14 heteroatoms. The van der Waals surface area contributed by atoms with Crippen LogP contribution in [0.15, 0.2) is 29.3 Å². The SMILES string of the molecule is Cc1nc2c(/N=C/N(C)C)cc(N3CCOCC3)nn2c1Nc1cccc(C(F)(F)F)c1CN1CC(O[Si](C)(C)C(C)(C)C)C1. The van der Waals surface area contributed by atoms with Crippen LogP contribution in [0.5, 0.6) is 0 Å². The number of fused-ring (bicyclic) bond motifs is 1. The molecule has 10 nitrogen and oxygen atoms in total. The summed E-state index contributed by atoms with van der Waals surface area (Å²) in [6.07, 6.45) is -2.81. The number of benzene rings is 1. The van der Waals surface area contributed by atoms with Gasteiger partial charge in [-0.2, -0.15) is 17.7 Å². The van der Waals surface area contributed by atoms with E-state index in [0.29, 0.717) is 73.7 Å². The maximum Gasteiger partial charge on any atom is 0.416 e. The lowest BCUT2D eigenvalue weighted by molar-refractivity contribution is -0.138. The van der Waals surface area contributed by atoms with Crippen molar-refractivity contribution in [3.8, 4) is 0 Å². The first-order valence-corrected chi connectivity index (χ1v) is 18.2. The van der Waals surface area contributed by atoms with Gasteiger partial charge in [0.25, 0.3) is 0 Å². The number of imidazole rings is 1. The van der Waals surface area contributed by atoms with Crippen molar-refractivity contribution in [3.63, 3.8) is 0 Å². The lowest BCUT2D eigenvalue weighted by atomic mass is 10.0. The molecule has 45 heavy (non-hydrogen) atoms. The third kappa shape index (κ3) is 7.29. The summed E-state index contributed by atoms with van der Waals surface area (Å²) < 4.78 is 56.8. The van der Waals surface area contributed by atoms with Crippen LogP contribution < -0.4 is 10.2 Å². The molecule has 2 aromatic heterocycles. The van der Waals surface area contributed by atoms with E-state index in [9.17, 15) is 13.2 Å². The van der Waals surface area contributed by atoms with Gasteiger partial charge in [-0.15, -0.1) is 5.10 Å². The van der Waals surface area contributed by atoms with Crippen molar-refractivity contribution >= 4 is 43.3 Å². The molecule has 0 radical (unpaired) electrons. The summed E-state index contributed by atoms with van der Waals surface area (Å²) in [4.78, 5) is 15.3. The van der Waals surface area contributed by atoms with Gasteiger partial charge in [0.15, 0.2) is 25.6 Å². The van der Waals surface area contributed by atoms with E-state index in [1.54, 1.807) is 16.9 Å². The van der Waals surface area contributed by atoms with E-state index >= 15 is 0 Å². The second-order valence-electron chi connectivity index (χ2n) is 13.6. The van der Waals surface area contributed by atoms with Gasteiger partial charge in [0, 0.05) is 64.1 Å². The monoisotopic (exact) mass is 646 g/mol. The highest BCUT2D eigenvalue weighted by atomic mass is 28.4. The van der Waals surface area contributed by atoms with Crippen LogP contribution in [-0.4, -0.2) is 98.6 Å². The summed E-state index contributed by atoms with van der Waals surface area (Å²) in [7, 11) is 1.78. The molecule has 2 aliphatic heterocycles. The quantitative estimate of drug-likeness (QED) is 0.171. The summed E-state index contributed by atoms with van der Waals surface area (Å²) in [5, 5.41) is 8.25. The summed E-state index contributed by atoms with van der Waals surface area (Å²) >= 11 is 0. The van der Waals surface area contributed by atoms with E-state index in [4.69, 9.17) is 19.2 Å². The molecular weight excluding hydrogens is 601 g/mol. The standard InChI is InChI=1S/C31H45F3N8O2Si/c1-21-28(42-29(36-21)26(35-20-39(5)6)16-27(38-42)41-12-14-43-15-13-41)37-25-11-9-10-24(31(32,33)34)23(25)19-40-17-22(18-40)44-45(7,8)30(2,3)4/h9-11,16,20,22,37H,12-15,17-19H2,1-8H3/b35-20+. The van der Waals surface area contributed by atoms with Crippen LogP contribution in [0.4, 0.5) is 36.2 Å². The van der Waals surface area contributed by atoms with Gasteiger partial charge in [-0.1, -0.05) is 26.8 Å². The number of aliphatic imine (C=N–C) groups is 1. The molecule has 1 N–H and O–H groups in total. The van der Waals surface area contributed by atoms with E-state index in [-0.39, 0.29) is 23.3 Å². The predicted molar refractivity (Wildman–Crippen MR) is 175 cm³/mol. The lowest BCUT2D eigenvalue weighted by Gasteiger charge is -2.46. The summed E-state index contributed by atoms with van der Waals surface area (Å²) in [6.45, 7) is 16.6. The molecule has 2 fully saturated rings. The van der Waals surface area contributed by atoms with Crippen LogP contribution in [0.1, 0.15) is 37.6 Å². The smallest absolute Gasteiger partial charge is 0.411 e. The molecule has 5 rings (SSSR count). The fourth-order valence-electron chi connectivity index (χ4n) is 5.27. The minimum absolute atomic E-state index is 0.0188. The van der Waals surface area contributed by atoms with E-state index in [1.165, 1.54) is 6.07 Å². The van der Waals surface area contributed by atoms with Crippen LogP contribution in [0.2, 0.25) is 18.1 Å². The van der Waals surface area contributed by atoms with Gasteiger partial charge < -0.3 is 24.3 Å². The molecule has 2 saturated heterocycles. The molecule has 0 atom stereocenters. The van der Waals surface area contributed by atoms with Gasteiger partial charge >= 0.3 is 6.18 Å². The van der Waals surface area contributed by atoms with Crippen molar-refractivity contribution in [3.05, 3.63) is 41.1 Å². The first kappa shape index (κ1) is 33.2. The summed E-state index contributed by atoms with van der Waals surface area (Å²) in [5.41, 5.74) is 1.59. The van der Waals surface area contributed by atoms with Crippen LogP contribution in [0.25, 0.3) is 5.65 Å². The van der Waals surface area contributed by atoms with Crippen molar-refractivity contribution in [2.75, 3.05) is 63.7 Å². The number of hydrogen-bond acceptors (Lipinski definition) is 8. The van der Waals surface area contributed by atoms with Crippen LogP contribution in [-0.2, 0) is 21.9 Å². The number of likely N-dealkylation sites (tertiary alicyclic amines) is 1.